The fourth-order valence-corrected chi connectivity index (χ4v) is 3.03. The van der Waals surface area contributed by atoms with Crippen molar-refractivity contribution in [3.05, 3.63) is 53.6 Å². The van der Waals surface area contributed by atoms with E-state index in [1.165, 1.54) is 6.07 Å². The number of hydrogen-bond donors (Lipinski definition) is 2. The maximum Gasteiger partial charge on any atom is 0.241 e. The molecule has 0 radical (unpaired) electrons. The van der Waals surface area contributed by atoms with Gasteiger partial charge in [0.05, 0.1) is 17.1 Å². The van der Waals surface area contributed by atoms with Gasteiger partial charge in [0.25, 0.3) is 0 Å². The van der Waals surface area contributed by atoms with Gasteiger partial charge >= 0.3 is 0 Å². The molecule has 0 amide bonds. The van der Waals surface area contributed by atoms with Crippen LogP contribution in [-0.4, -0.2) is 18.4 Å². The predicted molar refractivity (Wildman–Crippen MR) is 75.1 cm³/mol. The average molecular weight is 292 g/mol. The highest BCUT2D eigenvalue weighted by atomic mass is 32.2. The Morgan fingerprint density at radius 3 is 2.70 bits per heavy atom. The lowest BCUT2D eigenvalue weighted by molar-refractivity contribution is 0.579. The molecular weight excluding hydrogens is 276 g/mol. The first-order valence-corrected chi connectivity index (χ1v) is 7.57. The molecule has 0 aliphatic rings. The molecule has 106 valence electrons. The highest BCUT2D eigenvalue weighted by molar-refractivity contribution is 7.89. The van der Waals surface area contributed by atoms with Crippen LogP contribution in [-0.2, 0) is 23.1 Å². The van der Waals surface area contributed by atoms with Crippen molar-refractivity contribution < 1.29 is 8.42 Å². The highest BCUT2D eigenvalue weighted by Gasteiger charge is 2.17. The largest absolute Gasteiger partial charge is 0.326 e. The number of aryl methyl sites for hydroxylation is 1. The van der Waals surface area contributed by atoms with E-state index in [0.717, 1.165) is 0 Å². The van der Waals surface area contributed by atoms with E-state index in [4.69, 9.17) is 5.73 Å². The molecular formula is C13H16N4O2S. The fraction of sp³-hybridized carbons (Fsp3) is 0.231. The lowest BCUT2D eigenvalue weighted by Crippen LogP contribution is -2.25. The van der Waals surface area contributed by atoms with Crippen LogP contribution in [0.1, 0.15) is 17.1 Å². The Morgan fingerprint density at radius 1 is 1.25 bits per heavy atom. The Balaban J connectivity index is 2.19. The molecule has 0 aliphatic carbocycles. The summed E-state index contributed by atoms with van der Waals surface area (Å²) in [5, 5.41) is 0. The monoisotopic (exact) mass is 292 g/mol. The predicted octanol–water partition coefficient (Wildman–Crippen LogP) is 0.722. The lowest BCUT2D eigenvalue weighted by atomic mass is 10.2. The van der Waals surface area contributed by atoms with E-state index in [-0.39, 0.29) is 18.0 Å². The molecule has 2 aromatic rings. The van der Waals surface area contributed by atoms with Gasteiger partial charge in [-0.25, -0.2) is 23.1 Å². The quantitative estimate of drug-likeness (QED) is 0.846. The van der Waals surface area contributed by atoms with Crippen LogP contribution in [0.4, 0.5) is 0 Å². The van der Waals surface area contributed by atoms with Crippen molar-refractivity contribution in [3.8, 4) is 0 Å². The van der Waals surface area contributed by atoms with Crippen molar-refractivity contribution in [1.29, 1.82) is 0 Å². The molecule has 1 aromatic heterocycles. The van der Waals surface area contributed by atoms with Crippen LogP contribution >= 0.6 is 0 Å². The number of nitrogens with one attached hydrogen (secondary N) is 1. The molecule has 0 aliphatic heterocycles. The highest BCUT2D eigenvalue weighted by Crippen LogP contribution is 2.14. The zero-order chi connectivity index (χ0) is 14.6. The summed E-state index contributed by atoms with van der Waals surface area (Å²) in [4.78, 5) is 8.32. The number of sulfonamides is 1. The summed E-state index contributed by atoms with van der Waals surface area (Å²) in [5.41, 5.74) is 6.76. The Hall–Kier alpha value is -1.83. The minimum Gasteiger partial charge on any atom is -0.326 e. The topological polar surface area (TPSA) is 98.0 Å². The van der Waals surface area contributed by atoms with E-state index < -0.39 is 10.0 Å². The summed E-state index contributed by atoms with van der Waals surface area (Å²) >= 11 is 0. The van der Waals surface area contributed by atoms with Gasteiger partial charge in [-0.05, 0) is 24.6 Å². The molecule has 1 heterocycles. The van der Waals surface area contributed by atoms with Crippen LogP contribution in [0.15, 0.2) is 41.4 Å². The summed E-state index contributed by atoms with van der Waals surface area (Å²) in [6, 6.07) is 8.33. The van der Waals surface area contributed by atoms with E-state index in [2.05, 4.69) is 14.7 Å². The van der Waals surface area contributed by atoms with Crippen molar-refractivity contribution in [2.75, 3.05) is 0 Å². The second-order valence-corrected chi connectivity index (χ2v) is 5.97. The van der Waals surface area contributed by atoms with Gasteiger partial charge in [-0.2, -0.15) is 0 Å². The summed E-state index contributed by atoms with van der Waals surface area (Å²) in [6.45, 7) is 2.04. The molecule has 2 rings (SSSR count). The van der Waals surface area contributed by atoms with Crippen molar-refractivity contribution in [3.63, 3.8) is 0 Å². The number of nitrogens with two attached hydrogens (primary N) is 1. The summed E-state index contributed by atoms with van der Waals surface area (Å²) < 4.78 is 27.0. The zero-order valence-corrected chi connectivity index (χ0v) is 11.9. The second-order valence-electron chi connectivity index (χ2n) is 4.23. The lowest BCUT2D eigenvalue weighted by Gasteiger charge is -2.10. The maximum absolute atomic E-state index is 12.3. The third kappa shape index (κ3) is 3.38. The van der Waals surface area contributed by atoms with E-state index >= 15 is 0 Å². The number of aromatic nitrogens is 2. The van der Waals surface area contributed by atoms with E-state index in [9.17, 15) is 8.42 Å². The second kappa shape index (κ2) is 6.08. The molecule has 0 fully saturated rings. The molecule has 0 unspecified atom stereocenters. The number of hydrogen-bond acceptors (Lipinski definition) is 5. The molecule has 0 saturated heterocycles. The Bertz CT molecular complexity index is 701. The van der Waals surface area contributed by atoms with Crippen LogP contribution in [0.3, 0.4) is 0 Å². The van der Waals surface area contributed by atoms with Crippen LogP contribution in [0, 0.1) is 6.92 Å². The molecule has 3 N–H and O–H groups in total. The molecule has 20 heavy (non-hydrogen) atoms. The SMILES string of the molecule is Cc1nccc(CNS(=O)(=O)c2ccccc2CN)n1. The number of nitrogens with zero attached hydrogens (tertiary/aromatic N) is 2. The smallest absolute Gasteiger partial charge is 0.241 e. The van der Waals surface area contributed by atoms with E-state index in [0.29, 0.717) is 17.1 Å². The third-order valence-corrected chi connectivity index (χ3v) is 4.26. The van der Waals surface area contributed by atoms with Gasteiger partial charge < -0.3 is 5.73 Å². The van der Waals surface area contributed by atoms with Crippen LogP contribution < -0.4 is 10.5 Å². The number of benzene rings is 1. The van der Waals surface area contributed by atoms with Crippen molar-refractivity contribution in [2.45, 2.75) is 24.9 Å². The normalized spacial score (nSPS) is 11.5. The zero-order valence-electron chi connectivity index (χ0n) is 11.1. The van der Waals surface area contributed by atoms with Gasteiger partial charge in [0.15, 0.2) is 0 Å². The van der Waals surface area contributed by atoms with Crippen molar-refractivity contribution in [2.24, 2.45) is 5.73 Å². The summed E-state index contributed by atoms with van der Waals surface area (Å²) in [7, 11) is -3.60. The fourth-order valence-electron chi connectivity index (χ4n) is 1.78. The first-order chi connectivity index (χ1) is 9.53. The Labute approximate surface area is 118 Å². The van der Waals surface area contributed by atoms with Crippen LogP contribution in [0.25, 0.3) is 0 Å². The van der Waals surface area contributed by atoms with Gasteiger partial charge in [-0.3, -0.25) is 0 Å². The third-order valence-electron chi connectivity index (χ3n) is 2.76. The minimum atomic E-state index is -3.60. The molecule has 0 bridgehead atoms. The van der Waals surface area contributed by atoms with Crippen molar-refractivity contribution in [1.82, 2.24) is 14.7 Å². The molecule has 7 heteroatoms. The van der Waals surface area contributed by atoms with Crippen molar-refractivity contribution >= 4 is 10.0 Å². The van der Waals surface area contributed by atoms with Crippen LogP contribution in [0.5, 0.6) is 0 Å². The van der Waals surface area contributed by atoms with E-state index in [1.807, 2.05) is 0 Å². The van der Waals surface area contributed by atoms with Gasteiger partial charge in [-0.1, -0.05) is 18.2 Å². The molecule has 0 atom stereocenters. The van der Waals surface area contributed by atoms with Gasteiger partial charge in [0.2, 0.25) is 10.0 Å². The van der Waals surface area contributed by atoms with E-state index in [1.54, 1.807) is 37.4 Å². The Morgan fingerprint density at radius 2 is 2.00 bits per heavy atom. The Kier molecular flexibility index (Phi) is 4.43. The minimum absolute atomic E-state index is 0.116. The first-order valence-electron chi connectivity index (χ1n) is 6.09. The molecule has 1 aromatic carbocycles. The van der Waals surface area contributed by atoms with Crippen LogP contribution in [0.2, 0.25) is 0 Å². The van der Waals surface area contributed by atoms with Gasteiger partial charge in [0.1, 0.15) is 5.82 Å². The summed E-state index contributed by atoms with van der Waals surface area (Å²) in [5.74, 6) is 0.601. The molecule has 0 saturated carbocycles. The number of rotatable bonds is 5. The molecule has 0 spiro atoms. The molecule has 6 nitrogen and oxygen atoms in total. The maximum atomic E-state index is 12.3. The standard InChI is InChI=1S/C13H16N4O2S/c1-10-15-7-6-12(17-10)9-16-20(18,19)13-5-3-2-4-11(13)8-14/h2-7,16H,8-9,14H2,1H3. The van der Waals surface area contributed by atoms with Gasteiger partial charge in [-0.15, -0.1) is 0 Å². The summed E-state index contributed by atoms with van der Waals surface area (Å²) in [6.07, 6.45) is 1.60. The van der Waals surface area contributed by atoms with Gasteiger partial charge in [0, 0.05) is 12.7 Å². The average Bonchev–Trinajstić information content (AvgIpc) is 2.45. The first kappa shape index (κ1) is 14.6.